The minimum atomic E-state index is 0.0329. The van der Waals surface area contributed by atoms with Gasteiger partial charge in [0.2, 0.25) is 0 Å². The van der Waals surface area contributed by atoms with E-state index in [1.165, 1.54) is 23.3 Å². The van der Waals surface area contributed by atoms with E-state index >= 15 is 0 Å². The Hall–Kier alpha value is -2.93. The lowest BCUT2D eigenvalue weighted by atomic mass is 10.3. The molecule has 76 valence electrons. The number of anilines is 1. The highest BCUT2D eigenvalue weighted by Crippen LogP contribution is 2.14. The smallest absolute Gasteiger partial charge is 0.252 e. The standard InChI is InChI=1S/C9H5N7/c10-2-6-1-7(12)9(13-4-6)16-5-14-8(3-11)15-16/h1,4-5H,12H2. The Morgan fingerprint density at radius 1 is 1.25 bits per heavy atom. The quantitative estimate of drug-likeness (QED) is 0.708. The fraction of sp³-hybridized carbons (Fsp3) is 0. The van der Waals surface area contributed by atoms with Gasteiger partial charge in [0.05, 0.1) is 11.3 Å². The molecule has 16 heavy (non-hydrogen) atoms. The Balaban J connectivity index is 2.50. The number of rotatable bonds is 1. The molecule has 7 heteroatoms. The zero-order valence-corrected chi connectivity index (χ0v) is 7.99. The van der Waals surface area contributed by atoms with E-state index in [2.05, 4.69) is 15.1 Å². The molecular weight excluding hydrogens is 206 g/mol. The number of hydrogen-bond acceptors (Lipinski definition) is 6. The first-order chi connectivity index (χ1) is 7.74. The van der Waals surface area contributed by atoms with E-state index in [0.717, 1.165) is 0 Å². The summed E-state index contributed by atoms with van der Waals surface area (Å²) in [7, 11) is 0. The summed E-state index contributed by atoms with van der Waals surface area (Å²) in [6.45, 7) is 0. The Labute approximate surface area is 90.4 Å². The molecule has 2 aromatic heterocycles. The van der Waals surface area contributed by atoms with Crippen LogP contribution in [0.5, 0.6) is 0 Å². The molecule has 0 spiro atoms. The van der Waals surface area contributed by atoms with Gasteiger partial charge in [0.25, 0.3) is 5.82 Å². The highest BCUT2D eigenvalue weighted by atomic mass is 15.4. The largest absolute Gasteiger partial charge is 0.396 e. The average Bonchev–Trinajstić information content (AvgIpc) is 2.77. The van der Waals surface area contributed by atoms with Gasteiger partial charge < -0.3 is 5.73 Å². The molecule has 0 aromatic carbocycles. The number of nitriles is 2. The van der Waals surface area contributed by atoms with Crippen LogP contribution < -0.4 is 5.73 Å². The molecule has 0 amide bonds. The Morgan fingerprint density at radius 2 is 2.06 bits per heavy atom. The van der Waals surface area contributed by atoms with Crippen LogP contribution in [0.1, 0.15) is 11.4 Å². The molecule has 2 heterocycles. The minimum Gasteiger partial charge on any atom is -0.396 e. The summed E-state index contributed by atoms with van der Waals surface area (Å²) >= 11 is 0. The van der Waals surface area contributed by atoms with Crippen LogP contribution in [0.4, 0.5) is 5.69 Å². The lowest BCUT2D eigenvalue weighted by molar-refractivity contribution is 0.842. The van der Waals surface area contributed by atoms with Gasteiger partial charge in [0, 0.05) is 6.20 Å². The van der Waals surface area contributed by atoms with Crippen molar-refractivity contribution in [2.75, 3.05) is 5.73 Å². The lowest BCUT2D eigenvalue weighted by Gasteiger charge is -2.02. The third kappa shape index (κ3) is 1.53. The van der Waals surface area contributed by atoms with E-state index in [0.29, 0.717) is 17.1 Å². The number of aromatic nitrogens is 4. The van der Waals surface area contributed by atoms with Gasteiger partial charge in [-0.1, -0.05) is 0 Å². The first-order valence-electron chi connectivity index (χ1n) is 4.22. The second-order valence-electron chi connectivity index (χ2n) is 2.87. The van der Waals surface area contributed by atoms with Crippen molar-refractivity contribution in [3.63, 3.8) is 0 Å². The fourth-order valence-corrected chi connectivity index (χ4v) is 1.14. The molecular formula is C9H5N7. The fourth-order valence-electron chi connectivity index (χ4n) is 1.14. The van der Waals surface area contributed by atoms with E-state index in [-0.39, 0.29) is 5.82 Å². The molecule has 0 saturated carbocycles. The SMILES string of the molecule is N#Cc1cnc(-n2cnc(C#N)n2)c(N)c1. The molecule has 7 nitrogen and oxygen atoms in total. The van der Waals surface area contributed by atoms with Gasteiger partial charge in [0.1, 0.15) is 18.5 Å². The number of nitrogen functional groups attached to an aromatic ring is 1. The predicted octanol–water partition coefficient (Wildman–Crippen LogP) is -0.0121. The van der Waals surface area contributed by atoms with Crippen molar-refractivity contribution in [3.8, 4) is 18.0 Å². The van der Waals surface area contributed by atoms with E-state index in [9.17, 15) is 0 Å². The van der Waals surface area contributed by atoms with Crippen LogP contribution in [0, 0.1) is 22.7 Å². The Kier molecular flexibility index (Phi) is 2.21. The molecule has 0 unspecified atom stereocenters. The number of nitrogens with two attached hydrogens (primary N) is 1. The summed E-state index contributed by atoms with van der Waals surface area (Å²) < 4.78 is 1.29. The van der Waals surface area contributed by atoms with E-state index in [1.54, 1.807) is 6.07 Å². The molecule has 0 fully saturated rings. The van der Waals surface area contributed by atoms with Crippen molar-refractivity contribution in [3.05, 3.63) is 30.0 Å². The monoisotopic (exact) mass is 211 g/mol. The summed E-state index contributed by atoms with van der Waals surface area (Å²) in [4.78, 5) is 7.70. The maximum Gasteiger partial charge on any atom is 0.252 e. The third-order valence-electron chi connectivity index (χ3n) is 1.83. The first-order valence-corrected chi connectivity index (χ1v) is 4.22. The van der Waals surface area contributed by atoms with Gasteiger partial charge in [-0.3, -0.25) is 0 Å². The average molecular weight is 211 g/mol. The van der Waals surface area contributed by atoms with Gasteiger partial charge in [0.15, 0.2) is 5.82 Å². The van der Waals surface area contributed by atoms with Crippen molar-refractivity contribution >= 4 is 5.69 Å². The van der Waals surface area contributed by atoms with Gasteiger partial charge in [-0.05, 0) is 6.07 Å². The van der Waals surface area contributed by atoms with Crippen LogP contribution >= 0.6 is 0 Å². The van der Waals surface area contributed by atoms with Crippen molar-refractivity contribution in [2.45, 2.75) is 0 Å². The topological polar surface area (TPSA) is 117 Å². The molecule has 0 aliphatic heterocycles. The molecule has 0 atom stereocenters. The molecule has 0 bridgehead atoms. The van der Waals surface area contributed by atoms with Crippen molar-refractivity contribution < 1.29 is 0 Å². The van der Waals surface area contributed by atoms with Gasteiger partial charge in [-0.2, -0.15) is 15.2 Å². The first kappa shape index (κ1) is 9.62. The number of nitrogens with zero attached hydrogens (tertiary/aromatic N) is 6. The molecule has 2 aromatic rings. The van der Waals surface area contributed by atoms with Crippen LogP contribution in [0.15, 0.2) is 18.6 Å². The molecule has 2 rings (SSSR count). The van der Waals surface area contributed by atoms with Crippen LogP contribution in [-0.4, -0.2) is 19.7 Å². The number of pyridine rings is 1. The predicted molar refractivity (Wildman–Crippen MR) is 53.0 cm³/mol. The molecule has 2 N–H and O–H groups in total. The summed E-state index contributed by atoms with van der Waals surface area (Å²) in [5, 5.41) is 21.0. The molecule has 0 saturated heterocycles. The van der Waals surface area contributed by atoms with Gasteiger partial charge >= 0.3 is 0 Å². The zero-order valence-electron chi connectivity index (χ0n) is 7.99. The second kappa shape index (κ2) is 3.67. The number of hydrogen-bond donors (Lipinski definition) is 1. The van der Waals surface area contributed by atoms with Crippen molar-refractivity contribution in [1.29, 1.82) is 10.5 Å². The van der Waals surface area contributed by atoms with E-state index in [1.807, 2.05) is 6.07 Å². The maximum absolute atomic E-state index is 8.64. The zero-order chi connectivity index (χ0) is 11.5. The van der Waals surface area contributed by atoms with Crippen molar-refractivity contribution in [2.24, 2.45) is 0 Å². The summed E-state index contributed by atoms with van der Waals surface area (Å²) in [5.74, 6) is 0.374. The summed E-state index contributed by atoms with van der Waals surface area (Å²) in [5.41, 5.74) is 6.36. The maximum atomic E-state index is 8.64. The minimum absolute atomic E-state index is 0.0329. The summed E-state index contributed by atoms with van der Waals surface area (Å²) in [6, 6.07) is 5.20. The van der Waals surface area contributed by atoms with Crippen LogP contribution in [0.2, 0.25) is 0 Å². The van der Waals surface area contributed by atoms with Crippen LogP contribution in [0.3, 0.4) is 0 Å². The van der Waals surface area contributed by atoms with Crippen LogP contribution in [0.25, 0.3) is 5.82 Å². The van der Waals surface area contributed by atoms with Gasteiger partial charge in [-0.25, -0.2) is 9.97 Å². The lowest BCUT2D eigenvalue weighted by Crippen LogP contribution is -2.04. The second-order valence-corrected chi connectivity index (χ2v) is 2.87. The Bertz CT molecular complexity index is 614. The molecule has 0 aliphatic rings. The normalized spacial score (nSPS) is 9.38. The summed E-state index contributed by atoms with van der Waals surface area (Å²) in [6.07, 6.45) is 2.71. The van der Waals surface area contributed by atoms with E-state index in [4.69, 9.17) is 16.3 Å². The van der Waals surface area contributed by atoms with E-state index < -0.39 is 0 Å². The third-order valence-corrected chi connectivity index (χ3v) is 1.83. The highest BCUT2D eigenvalue weighted by Gasteiger charge is 2.07. The Morgan fingerprint density at radius 3 is 2.62 bits per heavy atom. The van der Waals surface area contributed by atoms with Gasteiger partial charge in [-0.15, -0.1) is 5.10 Å². The van der Waals surface area contributed by atoms with Crippen LogP contribution in [-0.2, 0) is 0 Å². The molecule has 0 radical (unpaired) electrons. The molecule has 0 aliphatic carbocycles. The van der Waals surface area contributed by atoms with Crippen molar-refractivity contribution in [1.82, 2.24) is 19.7 Å². The highest BCUT2D eigenvalue weighted by molar-refractivity contribution is 5.55.